The van der Waals surface area contributed by atoms with Crippen LogP contribution < -0.4 is 4.72 Å². The Hall–Kier alpha value is -2.50. The van der Waals surface area contributed by atoms with Gasteiger partial charge in [0.05, 0.1) is 22.9 Å². The van der Waals surface area contributed by atoms with E-state index in [9.17, 15) is 13.2 Å². The third kappa shape index (κ3) is 5.35. The Morgan fingerprint density at radius 1 is 1.10 bits per heavy atom. The molecule has 0 spiro atoms. The van der Waals surface area contributed by atoms with E-state index in [0.29, 0.717) is 24.3 Å². The summed E-state index contributed by atoms with van der Waals surface area (Å²) < 4.78 is 28.4. The smallest absolute Gasteiger partial charge is 0.261 e. The largest absolute Gasteiger partial charge is 0.339 e. The lowest BCUT2D eigenvalue weighted by Gasteiger charge is -2.22. The highest BCUT2D eigenvalue weighted by Crippen LogP contribution is 2.27. The molecule has 2 aromatic carbocycles. The molecule has 158 valence electrons. The maximum Gasteiger partial charge on any atom is 0.261 e. The number of nitrogens with zero attached hydrogens (tertiary/aromatic N) is 2. The summed E-state index contributed by atoms with van der Waals surface area (Å²) in [5, 5.41) is 8.75. The fourth-order valence-electron chi connectivity index (χ4n) is 3.46. The number of nitriles is 1. The number of hydrogen-bond acceptors (Lipinski definition) is 5. The molecule has 0 atom stereocenters. The van der Waals surface area contributed by atoms with Gasteiger partial charge in [-0.2, -0.15) is 5.26 Å². The van der Waals surface area contributed by atoms with Crippen molar-refractivity contribution in [2.45, 2.75) is 41.9 Å². The molecule has 30 heavy (non-hydrogen) atoms. The van der Waals surface area contributed by atoms with E-state index in [-0.39, 0.29) is 17.2 Å². The van der Waals surface area contributed by atoms with Crippen molar-refractivity contribution in [2.75, 3.05) is 24.1 Å². The number of hydrogen-bond donors (Lipinski definition) is 1. The molecule has 1 N–H and O–H groups in total. The first-order valence-electron chi connectivity index (χ1n) is 9.90. The molecule has 0 unspecified atom stereocenters. The molecule has 1 aliphatic heterocycles. The molecule has 1 heterocycles. The summed E-state index contributed by atoms with van der Waals surface area (Å²) in [6, 6.07) is 13.4. The van der Waals surface area contributed by atoms with Crippen LogP contribution in [-0.4, -0.2) is 38.6 Å². The quantitative estimate of drug-likeness (QED) is 0.673. The molecular formula is C22H25N3O3S2. The van der Waals surface area contributed by atoms with Gasteiger partial charge < -0.3 is 4.90 Å². The second-order valence-corrected chi connectivity index (χ2v) is 9.74. The molecule has 3 rings (SSSR count). The first-order valence-corrected chi connectivity index (χ1v) is 12.6. The van der Waals surface area contributed by atoms with Crippen molar-refractivity contribution in [3.8, 4) is 6.07 Å². The molecule has 0 saturated carbocycles. The van der Waals surface area contributed by atoms with Crippen LogP contribution in [0.4, 0.5) is 5.69 Å². The van der Waals surface area contributed by atoms with E-state index in [0.717, 1.165) is 36.1 Å². The number of nitrogens with one attached hydrogen (secondary N) is 1. The Morgan fingerprint density at radius 2 is 1.77 bits per heavy atom. The van der Waals surface area contributed by atoms with Crippen molar-refractivity contribution in [3.63, 3.8) is 0 Å². The maximum atomic E-state index is 13.1. The number of benzene rings is 2. The molecular weight excluding hydrogens is 418 g/mol. The van der Waals surface area contributed by atoms with Crippen molar-refractivity contribution < 1.29 is 13.2 Å². The number of anilines is 1. The van der Waals surface area contributed by atoms with E-state index in [2.05, 4.69) is 10.8 Å². The first kappa shape index (κ1) is 22.2. The Kier molecular flexibility index (Phi) is 7.40. The lowest BCUT2D eigenvalue weighted by Crippen LogP contribution is -2.32. The van der Waals surface area contributed by atoms with Crippen LogP contribution in [0.25, 0.3) is 0 Å². The third-order valence-electron chi connectivity index (χ3n) is 5.09. The monoisotopic (exact) mass is 443 g/mol. The third-order valence-corrected chi connectivity index (χ3v) is 7.27. The van der Waals surface area contributed by atoms with Crippen LogP contribution in [0, 0.1) is 11.3 Å². The summed E-state index contributed by atoms with van der Waals surface area (Å²) in [5.74, 6) is -0.112. The van der Waals surface area contributed by atoms with Gasteiger partial charge in [0.25, 0.3) is 15.9 Å². The molecule has 0 radical (unpaired) electrons. The van der Waals surface area contributed by atoms with Crippen LogP contribution in [0.1, 0.15) is 41.6 Å². The summed E-state index contributed by atoms with van der Waals surface area (Å²) in [5.41, 5.74) is 1.65. The van der Waals surface area contributed by atoms with Gasteiger partial charge in [0.2, 0.25) is 0 Å². The van der Waals surface area contributed by atoms with Crippen LogP contribution in [-0.2, 0) is 16.4 Å². The highest BCUT2D eigenvalue weighted by molar-refractivity contribution is 7.98. The maximum absolute atomic E-state index is 13.1. The van der Waals surface area contributed by atoms with Crippen molar-refractivity contribution in [2.24, 2.45) is 0 Å². The lowest BCUT2D eigenvalue weighted by atomic mass is 10.1. The minimum Gasteiger partial charge on any atom is -0.339 e. The number of likely N-dealkylation sites (tertiary alicyclic amines) is 1. The second-order valence-electron chi connectivity index (χ2n) is 7.21. The average molecular weight is 444 g/mol. The predicted octanol–water partition coefficient (Wildman–Crippen LogP) is 4.29. The Morgan fingerprint density at radius 3 is 2.37 bits per heavy atom. The standard InChI is InChI=1S/C22H25N3O3S2/c1-29-21-11-10-19(16-20(21)22(26)25-14-4-2-3-5-15-25)30(27,28)24-18-8-6-17(7-9-18)12-13-23/h6-11,16,24H,2-5,12,14-15H2,1H3. The van der Waals surface area contributed by atoms with Crippen LogP contribution in [0.15, 0.2) is 52.3 Å². The summed E-state index contributed by atoms with van der Waals surface area (Å²) in [6.07, 6.45) is 6.33. The number of sulfonamides is 1. The second kappa shape index (κ2) is 10.0. The molecule has 0 aliphatic carbocycles. The predicted molar refractivity (Wildman–Crippen MR) is 119 cm³/mol. The van der Waals surface area contributed by atoms with Crippen molar-refractivity contribution in [1.29, 1.82) is 5.26 Å². The van der Waals surface area contributed by atoms with Crippen molar-refractivity contribution >= 4 is 33.4 Å². The minimum absolute atomic E-state index is 0.0552. The van der Waals surface area contributed by atoms with Gasteiger partial charge in [0.15, 0.2) is 0 Å². The van der Waals surface area contributed by atoms with E-state index in [1.165, 1.54) is 23.9 Å². The molecule has 2 aromatic rings. The Balaban J connectivity index is 1.87. The number of rotatable bonds is 6. The normalized spacial score (nSPS) is 14.6. The van der Waals surface area contributed by atoms with Gasteiger partial charge in [-0.1, -0.05) is 25.0 Å². The molecule has 1 saturated heterocycles. The van der Waals surface area contributed by atoms with Crippen LogP contribution in [0.5, 0.6) is 0 Å². The van der Waals surface area contributed by atoms with E-state index in [1.807, 2.05) is 11.2 Å². The molecule has 1 fully saturated rings. The van der Waals surface area contributed by atoms with Crippen LogP contribution in [0.3, 0.4) is 0 Å². The molecule has 0 aromatic heterocycles. The van der Waals surface area contributed by atoms with Gasteiger partial charge in [-0.15, -0.1) is 11.8 Å². The summed E-state index contributed by atoms with van der Waals surface area (Å²) in [7, 11) is -3.85. The van der Waals surface area contributed by atoms with E-state index in [1.54, 1.807) is 30.3 Å². The van der Waals surface area contributed by atoms with Crippen LogP contribution >= 0.6 is 11.8 Å². The summed E-state index contributed by atoms with van der Waals surface area (Å²) >= 11 is 1.43. The van der Waals surface area contributed by atoms with Gasteiger partial charge in [0.1, 0.15) is 0 Å². The number of carbonyl (C=O) groups is 1. The van der Waals surface area contributed by atoms with E-state index in [4.69, 9.17) is 5.26 Å². The number of thioether (sulfide) groups is 1. The topological polar surface area (TPSA) is 90.3 Å². The lowest BCUT2D eigenvalue weighted by molar-refractivity contribution is 0.0758. The molecule has 8 heteroatoms. The van der Waals surface area contributed by atoms with Crippen molar-refractivity contribution in [3.05, 3.63) is 53.6 Å². The Bertz CT molecular complexity index is 1040. The zero-order chi connectivity index (χ0) is 21.6. The highest BCUT2D eigenvalue weighted by atomic mass is 32.2. The summed E-state index contributed by atoms with van der Waals surface area (Å²) in [4.78, 5) is 15.8. The fraction of sp³-hybridized carbons (Fsp3) is 0.364. The van der Waals surface area contributed by atoms with E-state index >= 15 is 0 Å². The molecule has 6 nitrogen and oxygen atoms in total. The SMILES string of the molecule is CSc1ccc(S(=O)(=O)Nc2ccc(CC#N)cc2)cc1C(=O)N1CCCCCC1. The highest BCUT2D eigenvalue weighted by Gasteiger charge is 2.23. The van der Waals surface area contributed by atoms with Gasteiger partial charge >= 0.3 is 0 Å². The summed E-state index contributed by atoms with van der Waals surface area (Å²) in [6.45, 7) is 1.41. The van der Waals surface area contributed by atoms with Gasteiger partial charge in [-0.25, -0.2) is 8.42 Å². The molecule has 0 bridgehead atoms. The molecule has 1 aliphatic rings. The zero-order valence-corrected chi connectivity index (χ0v) is 18.6. The van der Waals surface area contributed by atoms with Gasteiger partial charge in [-0.05, 0) is 55.0 Å². The zero-order valence-electron chi connectivity index (χ0n) is 16.9. The molecule has 1 amide bonds. The average Bonchev–Trinajstić information content (AvgIpc) is 3.04. The van der Waals surface area contributed by atoms with E-state index < -0.39 is 10.0 Å². The van der Waals surface area contributed by atoms with Crippen LogP contribution in [0.2, 0.25) is 0 Å². The van der Waals surface area contributed by atoms with Gasteiger partial charge in [0, 0.05) is 23.7 Å². The number of amides is 1. The minimum atomic E-state index is -3.85. The van der Waals surface area contributed by atoms with Gasteiger partial charge in [-0.3, -0.25) is 9.52 Å². The first-order chi connectivity index (χ1) is 14.4. The number of carbonyl (C=O) groups excluding carboxylic acids is 1. The fourth-order valence-corrected chi connectivity index (χ4v) is 5.12. The Labute approximate surface area is 182 Å². The van der Waals surface area contributed by atoms with Crippen molar-refractivity contribution in [1.82, 2.24) is 4.90 Å².